The first-order valence-electron chi connectivity index (χ1n) is 5.76. The summed E-state index contributed by atoms with van der Waals surface area (Å²) in [6.07, 6.45) is 0. The van der Waals surface area contributed by atoms with Crippen LogP contribution < -0.4 is 10.1 Å². The van der Waals surface area contributed by atoms with Crippen molar-refractivity contribution in [2.45, 2.75) is 0 Å². The number of rotatable bonds is 3. The van der Waals surface area contributed by atoms with Gasteiger partial charge in [0.05, 0.1) is 18.4 Å². The van der Waals surface area contributed by atoms with Gasteiger partial charge in [0.25, 0.3) is 5.91 Å². The molecule has 0 saturated heterocycles. The summed E-state index contributed by atoms with van der Waals surface area (Å²) in [7, 11) is 1.29. The average Bonchev–Trinajstić information content (AvgIpc) is 2.44. The molecule has 1 amide bonds. The van der Waals surface area contributed by atoms with Gasteiger partial charge in [0, 0.05) is 12.1 Å². The Hall–Kier alpha value is -2.70. The summed E-state index contributed by atoms with van der Waals surface area (Å²) in [6, 6.07) is 5.08. The fourth-order valence-electron chi connectivity index (χ4n) is 1.71. The van der Waals surface area contributed by atoms with Gasteiger partial charge >= 0.3 is 0 Å². The van der Waals surface area contributed by atoms with Crippen molar-refractivity contribution in [2.24, 2.45) is 0 Å². The Labute approximate surface area is 117 Å². The summed E-state index contributed by atoms with van der Waals surface area (Å²) >= 11 is 0. The first kappa shape index (κ1) is 14.7. The quantitative estimate of drug-likeness (QED) is 0.856. The Morgan fingerprint density at radius 3 is 2.62 bits per heavy atom. The molecule has 4 nitrogen and oxygen atoms in total. The molecule has 0 aromatic heterocycles. The van der Waals surface area contributed by atoms with E-state index in [2.05, 4.69) is 0 Å². The van der Waals surface area contributed by atoms with E-state index >= 15 is 0 Å². The number of phenols is 1. The van der Waals surface area contributed by atoms with Crippen molar-refractivity contribution in [3.05, 3.63) is 53.3 Å². The lowest BCUT2D eigenvalue weighted by molar-refractivity contribution is 0.102. The predicted octanol–water partition coefficient (Wildman–Crippen LogP) is 3.07. The number of benzene rings is 2. The monoisotopic (exact) mass is 297 g/mol. The molecule has 0 heterocycles. The number of amides is 1. The van der Waals surface area contributed by atoms with Crippen LogP contribution in [0.3, 0.4) is 0 Å². The topological polar surface area (TPSA) is 58.6 Å². The molecule has 0 saturated carbocycles. The highest BCUT2D eigenvalue weighted by molar-refractivity contribution is 6.06. The van der Waals surface area contributed by atoms with E-state index in [1.165, 1.54) is 25.3 Å². The van der Waals surface area contributed by atoms with Crippen LogP contribution in [0.1, 0.15) is 10.4 Å². The molecule has 21 heavy (non-hydrogen) atoms. The minimum Gasteiger partial charge on any atom is -0.504 e. The van der Waals surface area contributed by atoms with E-state index in [4.69, 9.17) is 4.74 Å². The minimum atomic E-state index is -1.43. The van der Waals surface area contributed by atoms with Crippen LogP contribution in [0.15, 0.2) is 30.3 Å². The molecular formula is C14H10F3NO3. The molecule has 0 aliphatic heterocycles. The van der Waals surface area contributed by atoms with Crippen LogP contribution in [0.5, 0.6) is 11.5 Å². The maximum atomic E-state index is 13.5. The van der Waals surface area contributed by atoms with Gasteiger partial charge in [0.1, 0.15) is 5.82 Å². The number of anilines is 1. The van der Waals surface area contributed by atoms with Crippen LogP contribution in [0.2, 0.25) is 0 Å². The van der Waals surface area contributed by atoms with Gasteiger partial charge in [0.15, 0.2) is 23.1 Å². The number of carbonyl (C=O) groups is 1. The Bertz CT molecular complexity index is 704. The molecule has 0 spiro atoms. The standard InChI is InChI=1S/C14H10F3NO3/c1-21-11-4-2-3-8(13(11)19)14(20)18-10-6-7(15)5-9(16)12(10)17/h2-6,19H,1H3,(H,18,20). The largest absolute Gasteiger partial charge is 0.504 e. The van der Waals surface area contributed by atoms with Crippen LogP contribution in [0.4, 0.5) is 18.9 Å². The Morgan fingerprint density at radius 1 is 1.24 bits per heavy atom. The Kier molecular flexibility index (Phi) is 4.02. The van der Waals surface area contributed by atoms with Crippen molar-refractivity contribution in [3.8, 4) is 11.5 Å². The number of methoxy groups -OCH3 is 1. The number of para-hydroxylation sites is 1. The number of hydrogen-bond donors (Lipinski definition) is 2. The van der Waals surface area contributed by atoms with Gasteiger partial charge in [-0.2, -0.15) is 0 Å². The second-order valence-corrected chi connectivity index (χ2v) is 4.06. The van der Waals surface area contributed by atoms with E-state index in [0.717, 1.165) is 0 Å². The third-order valence-corrected chi connectivity index (χ3v) is 2.70. The van der Waals surface area contributed by atoms with Crippen LogP contribution in [-0.2, 0) is 0 Å². The van der Waals surface area contributed by atoms with Gasteiger partial charge in [-0.15, -0.1) is 0 Å². The molecule has 0 unspecified atom stereocenters. The predicted molar refractivity (Wildman–Crippen MR) is 68.9 cm³/mol. The highest BCUT2D eigenvalue weighted by Gasteiger charge is 2.18. The van der Waals surface area contributed by atoms with Crippen molar-refractivity contribution in [3.63, 3.8) is 0 Å². The molecular weight excluding hydrogens is 287 g/mol. The maximum Gasteiger partial charge on any atom is 0.259 e. The molecule has 2 rings (SSSR count). The van der Waals surface area contributed by atoms with E-state index in [1.54, 1.807) is 0 Å². The number of hydrogen-bond acceptors (Lipinski definition) is 3. The fraction of sp³-hybridized carbons (Fsp3) is 0.0714. The highest BCUT2D eigenvalue weighted by atomic mass is 19.2. The van der Waals surface area contributed by atoms with E-state index in [1.807, 2.05) is 5.32 Å². The number of nitrogens with one attached hydrogen (secondary N) is 1. The first-order chi connectivity index (χ1) is 9.93. The third-order valence-electron chi connectivity index (χ3n) is 2.70. The van der Waals surface area contributed by atoms with Gasteiger partial charge in [-0.1, -0.05) is 6.07 Å². The molecule has 0 radical (unpaired) electrons. The molecule has 0 fully saturated rings. The summed E-state index contributed by atoms with van der Waals surface area (Å²) in [5, 5.41) is 11.8. The average molecular weight is 297 g/mol. The lowest BCUT2D eigenvalue weighted by Gasteiger charge is -2.10. The molecule has 0 atom stereocenters. The number of phenolic OH excluding ortho intramolecular Hbond substituents is 1. The van der Waals surface area contributed by atoms with Crippen molar-refractivity contribution in [1.29, 1.82) is 0 Å². The second-order valence-electron chi connectivity index (χ2n) is 4.06. The van der Waals surface area contributed by atoms with E-state index in [9.17, 15) is 23.1 Å². The highest BCUT2D eigenvalue weighted by Crippen LogP contribution is 2.30. The zero-order valence-electron chi connectivity index (χ0n) is 10.8. The summed E-state index contributed by atoms with van der Waals surface area (Å²) < 4.78 is 44.4. The van der Waals surface area contributed by atoms with E-state index in [-0.39, 0.29) is 11.3 Å². The number of halogens is 3. The molecule has 110 valence electrons. The molecule has 0 bridgehead atoms. The van der Waals surface area contributed by atoms with Crippen molar-refractivity contribution in [1.82, 2.24) is 0 Å². The van der Waals surface area contributed by atoms with Crippen molar-refractivity contribution >= 4 is 11.6 Å². The van der Waals surface area contributed by atoms with Gasteiger partial charge in [-0.05, 0) is 12.1 Å². The van der Waals surface area contributed by atoms with Crippen molar-refractivity contribution < 1.29 is 27.8 Å². The van der Waals surface area contributed by atoms with Gasteiger partial charge in [-0.25, -0.2) is 13.2 Å². The normalized spacial score (nSPS) is 10.3. The summed E-state index contributed by atoms with van der Waals surface area (Å²) in [5.41, 5.74) is -0.891. The summed E-state index contributed by atoms with van der Waals surface area (Å²) in [5.74, 6) is -5.23. The summed E-state index contributed by atoms with van der Waals surface area (Å²) in [4.78, 5) is 11.9. The molecule has 7 heteroatoms. The van der Waals surface area contributed by atoms with Gasteiger partial charge < -0.3 is 15.2 Å². The smallest absolute Gasteiger partial charge is 0.259 e. The number of carbonyl (C=O) groups excluding carboxylic acids is 1. The van der Waals surface area contributed by atoms with Crippen LogP contribution >= 0.6 is 0 Å². The molecule has 0 aliphatic rings. The summed E-state index contributed by atoms with van der Waals surface area (Å²) in [6.45, 7) is 0. The SMILES string of the molecule is COc1cccc(C(=O)Nc2cc(F)cc(F)c2F)c1O. The number of aromatic hydroxyl groups is 1. The lowest BCUT2D eigenvalue weighted by Crippen LogP contribution is -2.14. The van der Waals surface area contributed by atoms with Crippen LogP contribution in [0, 0.1) is 17.5 Å². The molecule has 2 aromatic carbocycles. The Morgan fingerprint density at radius 2 is 1.95 bits per heavy atom. The van der Waals surface area contributed by atoms with Gasteiger partial charge in [-0.3, -0.25) is 4.79 Å². The lowest BCUT2D eigenvalue weighted by atomic mass is 10.1. The maximum absolute atomic E-state index is 13.5. The van der Waals surface area contributed by atoms with E-state index in [0.29, 0.717) is 12.1 Å². The molecule has 0 aliphatic carbocycles. The minimum absolute atomic E-state index is 0.0357. The molecule has 2 N–H and O–H groups in total. The zero-order chi connectivity index (χ0) is 15.6. The van der Waals surface area contributed by atoms with Gasteiger partial charge in [0.2, 0.25) is 0 Å². The zero-order valence-corrected chi connectivity index (χ0v) is 10.8. The Balaban J connectivity index is 2.35. The number of ether oxygens (including phenoxy) is 1. The van der Waals surface area contributed by atoms with Crippen LogP contribution in [-0.4, -0.2) is 18.1 Å². The first-order valence-corrected chi connectivity index (χ1v) is 5.76. The molecule has 2 aromatic rings. The van der Waals surface area contributed by atoms with E-state index < -0.39 is 34.8 Å². The fourth-order valence-corrected chi connectivity index (χ4v) is 1.71. The van der Waals surface area contributed by atoms with Crippen molar-refractivity contribution in [2.75, 3.05) is 12.4 Å². The van der Waals surface area contributed by atoms with Crippen LogP contribution in [0.25, 0.3) is 0 Å². The second kappa shape index (κ2) is 5.74. The third kappa shape index (κ3) is 2.91.